The first-order valence-corrected chi connectivity index (χ1v) is 7.33. The number of nitrogens with one attached hydrogen (secondary N) is 1. The molecular weight excluding hydrogens is 236 g/mol. The molecule has 0 unspecified atom stereocenters. The molecule has 1 heterocycles. The van der Waals surface area contributed by atoms with Crippen molar-refractivity contribution in [2.24, 2.45) is 0 Å². The summed E-state index contributed by atoms with van der Waals surface area (Å²) in [6.45, 7) is 6.33. The van der Waals surface area contributed by atoms with Crippen LogP contribution in [0.3, 0.4) is 0 Å². The van der Waals surface area contributed by atoms with Crippen LogP contribution in [0.25, 0.3) is 0 Å². The summed E-state index contributed by atoms with van der Waals surface area (Å²) >= 11 is 0. The second-order valence-corrected chi connectivity index (χ2v) is 5.32. The molecule has 1 N–H and O–H groups in total. The molecule has 1 aromatic rings. The highest BCUT2D eigenvalue weighted by Crippen LogP contribution is 2.11. The molecule has 19 heavy (non-hydrogen) atoms. The minimum Gasteiger partial charge on any atom is -0.385 e. The van der Waals surface area contributed by atoms with E-state index in [0.717, 1.165) is 17.8 Å². The Labute approximate surface area is 116 Å². The van der Waals surface area contributed by atoms with Crippen LogP contribution in [0.2, 0.25) is 0 Å². The largest absolute Gasteiger partial charge is 0.385 e. The van der Waals surface area contributed by atoms with Gasteiger partial charge in [-0.15, -0.1) is 0 Å². The highest BCUT2D eigenvalue weighted by atomic mass is 16.1. The molecule has 0 aromatic heterocycles. The van der Waals surface area contributed by atoms with E-state index in [1.54, 1.807) is 6.92 Å². The molecule has 1 fully saturated rings. The number of nitrogens with zero attached hydrogens (tertiary/aromatic N) is 1. The zero-order chi connectivity index (χ0) is 13.5. The van der Waals surface area contributed by atoms with Gasteiger partial charge in [0.1, 0.15) is 0 Å². The van der Waals surface area contributed by atoms with Crippen LogP contribution in [0.1, 0.15) is 43.0 Å². The van der Waals surface area contributed by atoms with Crippen molar-refractivity contribution in [1.82, 2.24) is 4.90 Å². The monoisotopic (exact) mass is 260 g/mol. The number of ketones is 1. The van der Waals surface area contributed by atoms with Crippen molar-refractivity contribution >= 4 is 11.5 Å². The van der Waals surface area contributed by atoms with Gasteiger partial charge in [-0.25, -0.2) is 0 Å². The second-order valence-electron chi connectivity index (χ2n) is 5.32. The Balaban J connectivity index is 1.66. The molecule has 0 radical (unpaired) electrons. The molecule has 0 atom stereocenters. The number of benzene rings is 1. The van der Waals surface area contributed by atoms with Crippen molar-refractivity contribution in [1.29, 1.82) is 0 Å². The van der Waals surface area contributed by atoms with Crippen LogP contribution in [0.5, 0.6) is 0 Å². The first-order chi connectivity index (χ1) is 9.25. The Morgan fingerprint density at radius 1 is 1.16 bits per heavy atom. The zero-order valence-electron chi connectivity index (χ0n) is 11.8. The van der Waals surface area contributed by atoms with Crippen molar-refractivity contribution in [2.75, 3.05) is 31.5 Å². The minimum absolute atomic E-state index is 0.122. The van der Waals surface area contributed by atoms with Gasteiger partial charge < -0.3 is 10.2 Å². The van der Waals surface area contributed by atoms with Crippen LogP contribution in [0, 0.1) is 0 Å². The summed E-state index contributed by atoms with van der Waals surface area (Å²) in [5.74, 6) is 0.122. The van der Waals surface area contributed by atoms with E-state index in [-0.39, 0.29) is 5.78 Å². The van der Waals surface area contributed by atoms with E-state index >= 15 is 0 Å². The average molecular weight is 260 g/mol. The van der Waals surface area contributed by atoms with Gasteiger partial charge in [-0.2, -0.15) is 0 Å². The van der Waals surface area contributed by atoms with Crippen LogP contribution < -0.4 is 5.32 Å². The third kappa shape index (κ3) is 4.67. The molecule has 3 nitrogen and oxygen atoms in total. The molecule has 0 amide bonds. The normalized spacial score (nSPS) is 16.3. The van der Waals surface area contributed by atoms with E-state index in [0.29, 0.717) is 0 Å². The van der Waals surface area contributed by atoms with Gasteiger partial charge in [-0.1, -0.05) is 6.42 Å². The lowest BCUT2D eigenvalue weighted by Gasteiger charge is -2.26. The summed E-state index contributed by atoms with van der Waals surface area (Å²) in [5.41, 5.74) is 1.88. The molecule has 0 saturated carbocycles. The van der Waals surface area contributed by atoms with E-state index in [9.17, 15) is 4.79 Å². The maximum atomic E-state index is 11.2. The van der Waals surface area contributed by atoms with Crippen LogP contribution in [0.4, 0.5) is 5.69 Å². The third-order valence-electron chi connectivity index (χ3n) is 3.72. The highest BCUT2D eigenvalue weighted by molar-refractivity contribution is 5.94. The standard InChI is InChI=1S/C16H24N2O/c1-14(19)15-6-8-16(9-7-15)17-10-5-13-18-11-3-2-4-12-18/h6-9,17H,2-5,10-13H2,1H3. The Bertz CT molecular complexity index is 394. The average Bonchev–Trinajstić information content (AvgIpc) is 2.45. The topological polar surface area (TPSA) is 32.3 Å². The summed E-state index contributed by atoms with van der Waals surface area (Å²) in [4.78, 5) is 13.7. The van der Waals surface area contributed by atoms with Gasteiger partial charge in [0, 0.05) is 17.8 Å². The molecule has 0 aliphatic carbocycles. The van der Waals surface area contributed by atoms with Crippen LogP contribution in [-0.2, 0) is 0 Å². The molecule has 1 aromatic carbocycles. The van der Waals surface area contributed by atoms with E-state index in [4.69, 9.17) is 0 Å². The molecule has 1 saturated heterocycles. The first kappa shape index (κ1) is 14.1. The zero-order valence-corrected chi connectivity index (χ0v) is 11.8. The van der Waals surface area contributed by atoms with Crippen molar-refractivity contribution in [2.45, 2.75) is 32.6 Å². The fraction of sp³-hybridized carbons (Fsp3) is 0.562. The van der Waals surface area contributed by atoms with E-state index in [1.165, 1.54) is 45.3 Å². The van der Waals surface area contributed by atoms with Gasteiger partial charge in [0.25, 0.3) is 0 Å². The Morgan fingerprint density at radius 3 is 2.47 bits per heavy atom. The van der Waals surface area contributed by atoms with Crippen molar-refractivity contribution < 1.29 is 4.79 Å². The third-order valence-corrected chi connectivity index (χ3v) is 3.72. The predicted molar refractivity (Wildman–Crippen MR) is 79.8 cm³/mol. The van der Waals surface area contributed by atoms with Gasteiger partial charge >= 0.3 is 0 Å². The Kier molecular flexibility index (Phi) is 5.40. The van der Waals surface area contributed by atoms with Gasteiger partial charge in [-0.3, -0.25) is 4.79 Å². The fourth-order valence-electron chi connectivity index (χ4n) is 2.54. The van der Waals surface area contributed by atoms with Crippen LogP contribution >= 0.6 is 0 Å². The number of rotatable bonds is 6. The Hall–Kier alpha value is -1.35. The SMILES string of the molecule is CC(=O)c1ccc(NCCCN2CCCCC2)cc1. The lowest BCUT2D eigenvalue weighted by atomic mass is 10.1. The van der Waals surface area contributed by atoms with Gasteiger partial charge in [0.2, 0.25) is 0 Å². The number of piperidine rings is 1. The maximum Gasteiger partial charge on any atom is 0.159 e. The second kappa shape index (κ2) is 7.29. The molecule has 1 aliphatic heterocycles. The number of Topliss-reactive ketones (excluding diaryl/α,β-unsaturated/α-hetero) is 1. The molecule has 1 aliphatic rings. The predicted octanol–water partition coefficient (Wildman–Crippen LogP) is 3.18. The van der Waals surface area contributed by atoms with Gasteiger partial charge in [-0.05, 0) is 70.1 Å². The number of hydrogen-bond donors (Lipinski definition) is 1. The van der Waals surface area contributed by atoms with Crippen LogP contribution in [0.15, 0.2) is 24.3 Å². The van der Waals surface area contributed by atoms with Crippen LogP contribution in [-0.4, -0.2) is 36.9 Å². The summed E-state index contributed by atoms with van der Waals surface area (Å²) in [6, 6.07) is 7.74. The summed E-state index contributed by atoms with van der Waals surface area (Å²) < 4.78 is 0. The van der Waals surface area contributed by atoms with Crippen molar-refractivity contribution in [3.63, 3.8) is 0 Å². The quantitative estimate of drug-likeness (QED) is 0.630. The molecule has 2 rings (SSSR count). The lowest BCUT2D eigenvalue weighted by molar-refractivity contribution is 0.101. The minimum atomic E-state index is 0.122. The number of likely N-dealkylation sites (tertiary alicyclic amines) is 1. The van der Waals surface area contributed by atoms with Crippen molar-refractivity contribution in [3.8, 4) is 0 Å². The molecule has 0 bridgehead atoms. The van der Waals surface area contributed by atoms with Gasteiger partial charge in [0.05, 0.1) is 0 Å². The number of hydrogen-bond acceptors (Lipinski definition) is 3. The highest BCUT2D eigenvalue weighted by Gasteiger charge is 2.08. The summed E-state index contributed by atoms with van der Waals surface area (Å²) in [7, 11) is 0. The van der Waals surface area contributed by atoms with E-state index in [1.807, 2.05) is 24.3 Å². The summed E-state index contributed by atoms with van der Waals surface area (Å²) in [5, 5.41) is 3.41. The number of anilines is 1. The Morgan fingerprint density at radius 2 is 1.84 bits per heavy atom. The maximum absolute atomic E-state index is 11.2. The summed E-state index contributed by atoms with van der Waals surface area (Å²) in [6.07, 6.45) is 5.30. The smallest absolute Gasteiger partial charge is 0.159 e. The first-order valence-electron chi connectivity index (χ1n) is 7.33. The van der Waals surface area contributed by atoms with Gasteiger partial charge in [0.15, 0.2) is 5.78 Å². The number of carbonyl (C=O) groups is 1. The molecule has 104 valence electrons. The van der Waals surface area contributed by atoms with Crippen molar-refractivity contribution in [3.05, 3.63) is 29.8 Å². The lowest BCUT2D eigenvalue weighted by Crippen LogP contribution is -2.31. The fourth-order valence-corrected chi connectivity index (χ4v) is 2.54. The molecular formula is C16H24N2O. The number of carbonyl (C=O) groups excluding carboxylic acids is 1. The molecule has 3 heteroatoms. The van der Waals surface area contributed by atoms with E-state index in [2.05, 4.69) is 10.2 Å². The molecule has 0 spiro atoms. The van der Waals surface area contributed by atoms with E-state index < -0.39 is 0 Å².